The predicted octanol–water partition coefficient (Wildman–Crippen LogP) is 1.22. The Hall–Kier alpha value is -4.16. The summed E-state index contributed by atoms with van der Waals surface area (Å²) < 4.78 is 26.8. The van der Waals surface area contributed by atoms with Gasteiger partial charge in [0.1, 0.15) is 0 Å². The lowest BCUT2D eigenvalue weighted by Crippen LogP contribution is -2.40. The van der Waals surface area contributed by atoms with Crippen molar-refractivity contribution in [2.45, 2.75) is 38.5 Å². The summed E-state index contributed by atoms with van der Waals surface area (Å²) >= 11 is 0. The number of halogens is 2. The first kappa shape index (κ1) is 29.4. The van der Waals surface area contributed by atoms with E-state index in [1.807, 2.05) is 0 Å². The summed E-state index contributed by atoms with van der Waals surface area (Å²) in [6, 6.07) is 6.36. The van der Waals surface area contributed by atoms with Gasteiger partial charge in [-0.1, -0.05) is 6.92 Å². The largest absolute Gasteiger partial charge is 0.354 e. The van der Waals surface area contributed by atoms with Crippen molar-refractivity contribution in [2.75, 3.05) is 44.7 Å². The SMILES string of the molecule is CCC(=O)NCCNC(=O)CCC(=O)N(C)c1ccc2nccc(C(=O)NCC(=O)N3CCC(F)(F)C3)c2c1. The molecule has 0 saturated carbocycles. The molecule has 2 heterocycles. The van der Waals surface area contributed by atoms with Crippen LogP contribution in [-0.2, 0) is 19.2 Å². The van der Waals surface area contributed by atoms with Crippen molar-refractivity contribution in [3.05, 3.63) is 36.0 Å². The monoisotopic (exact) mass is 546 g/mol. The number of aromatic nitrogens is 1. The molecular formula is C26H32F2N6O5. The Kier molecular flexibility index (Phi) is 9.85. The number of carbonyl (C=O) groups is 5. The second-order valence-electron chi connectivity index (χ2n) is 9.17. The molecule has 39 heavy (non-hydrogen) atoms. The van der Waals surface area contributed by atoms with Crippen molar-refractivity contribution in [3.8, 4) is 0 Å². The summed E-state index contributed by atoms with van der Waals surface area (Å²) in [5.41, 5.74) is 1.15. The van der Waals surface area contributed by atoms with Gasteiger partial charge in [-0.2, -0.15) is 0 Å². The lowest BCUT2D eigenvalue weighted by molar-refractivity contribution is -0.130. The van der Waals surface area contributed by atoms with Crippen LogP contribution in [0.4, 0.5) is 14.5 Å². The molecule has 13 heteroatoms. The molecular weight excluding hydrogens is 514 g/mol. The van der Waals surface area contributed by atoms with Crippen LogP contribution in [0.1, 0.15) is 43.0 Å². The number of anilines is 1. The maximum atomic E-state index is 13.4. The number of nitrogens with zero attached hydrogens (tertiary/aromatic N) is 3. The smallest absolute Gasteiger partial charge is 0.267 e. The van der Waals surface area contributed by atoms with Crippen molar-refractivity contribution in [1.29, 1.82) is 0 Å². The molecule has 1 aliphatic heterocycles. The summed E-state index contributed by atoms with van der Waals surface area (Å²) in [5, 5.41) is 8.19. The summed E-state index contributed by atoms with van der Waals surface area (Å²) in [4.78, 5) is 67.7. The number of nitrogens with one attached hydrogen (secondary N) is 3. The van der Waals surface area contributed by atoms with Crippen molar-refractivity contribution in [1.82, 2.24) is 25.8 Å². The van der Waals surface area contributed by atoms with Gasteiger partial charge < -0.3 is 25.8 Å². The maximum Gasteiger partial charge on any atom is 0.267 e. The zero-order valence-corrected chi connectivity index (χ0v) is 21.9. The Morgan fingerprint density at radius 3 is 2.41 bits per heavy atom. The van der Waals surface area contributed by atoms with Crippen molar-refractivity contribution >= 4 is 46.1 Å². The highest BCUT2D eigenvalue weighted by atomic mass is 19.3. The number of pyridine rings is 1. The van der Waals surface area contributed by atoms with E-state index < -0.39 is 37.2 Å². The molecule has 0 unspecified atom stereocenters. The van der Waals surface area contributed by atoms with Gasteiger partial charge in [0.25, 0.3) is 11.8 Å². The Bertz CT molecular complexity index is 1250. The first-order valence-corrected chi connectivity index (χ1v) is 12.6. The van der Waals surface area contributed by atoms with Gasteiger partial charge in [0.15, 0.2) is 0 Å². The first-order valence-electron chi connectivity index (χ1n) is 12.6. The Morgan fingerprint density at radius 1 is 1.03 bits per heavy atom. The van der Waals surface area contributed by atoms with Crippen LogP contribution in [0, 0.1) is 0 Å². The standard InChI is InChI=1S/C26H32F2N6O5/c1-3-21(35)30-11-12-31-22(36)6-7-23(37)33(2)17-4-5-20-19(14-17)18(8-10-29-20)25(39)32-15-24(38)34-13-9-26(27,28)16-34/h4-5,8,10,14H,3,6-7,9,11-13,15-16H2,1-2H3,(H,30,35)(H,31,36)(H,32,39). The fraction of sp³-hybridized carbons (Fsp3) is 0.462. The predicted molar refractivity (Wildman–Crippen MR) is 139 cm³/mol. The van der Waals surface area contributed by atoms with Gasteiger partial charge in [0.2, 0.25) is 23.6 Å². The van der Waals surface area contributed by atoms with Gasteiger partial charge in [-0.25, -0.2) is 8.78 Å². The van der Waals surface area contributed by atoms with Crippen LogP contribution in [-0.4, -0.2) is 85.1 Å². The number of hydrogen-bond acceptors (Lipinski definition) is 6. The Labute approximate surface area is 224 Å². The summed E-state index contributed by atoms with van der Waals surface area (Å²) in [5.74, 6) is -4.87. The van der Waals surface area contributed by atoms with Gasteiger partial charge >= 0.3 is 0 Å². The van der Waals surface area contributed by atoms with Crippen molar-refractivity contribution in [2.24, 2.45) is 0 Å². The number of rotatable bonds is 11. The van der Waals surface area contributed by atoms with Crippen LogP contribution >= 0.6 is 0 Å². The number of hydrogen-bond donors (Lipinski definition) is 3. The van der Waals surface area contributed by atoms with Crippen LogP contribution in [0.2, 0.25) is 0 Å². The molecule has 11 nitrogen and oxygen atoms in total. The van der Waals surface area contributed by atoms with E-state index in [0.29, 0.717) is 29.6 Å². The van der Waals surface area contributed by atoms with Crippen LogP contribution in [0.15, 0.2) is 30.5 Å². The summed E-state index contributed by atoms with van der Waals surface area (Å²) in [6.07, 6.45) is 1.29. The number of alkyl halides is 2. The van der Waals surface area contributed by atoms with Crippen LogP contribution < -0.4 is 20.9 Å². The van der Waals surface area contributed by atoms with E-state index in [-0.39, 0.29) is 49.2 Å². The van der Waals surface area contributed by atoms with E-state index in [1.54, 1.807) is 32.2 Å². The lowest BCUT2D eigenvalue weighted by Gasteiger charge is -2.19. The summed E-state index contributed by atoms with van der Waals surface area (Å²) in [6.45, 7) is 1.13. The van der Waals surface area contributed by atoms with E-state index >= 15 is 0 Å². The molecule has 2 aromatic rings. The molecule has 0 spiro atoms. The molecule has 1 fully saturated rings. The third-order valence-corrected chi connectivity index (χ3v) is 6.31. The number of benzene rings is 1. The zero-order chi connectivity index (χ0) is 28.6. The number of fused-ring (bicyclic) bond motifs is 1. The van der Waals surface area contributed by atoms with E-state index in [9.17, 15) is 32.8 Å². The highest BCUT2D eigenvalue weighted by Crippen LogP contribution is 2.27. The normalized spacial score (nSPS) is 14.1. The second kappa shape index (κ2) is 13.1. The van der Waals surface area contributed by atoms with E-state index in [4.69, 9.17) is 0 Å². The molecule has 1 aliphatic rings. The minimum atomic E-state index is -2.92. The van der Waals surface area contributed by atoms with Crippen LogP contribution in [0.5, 0.6) is 0 Å². The molecule has 1 aromatic heterocycles. The molecule has 3 N–H and O–H groups in total. The van der Waals surface area contributed by atoms with Gasteiger partial charge in [-0.05, 0) is 24.3 Å². The van der Waals surface area contributed by atoms with Crippen LogP contribution in [0.25, 0.3) is 10.9 Å². The number of likely N-dealkylation sites (tertiary alicyclic amines) is 1. The van der Waals surface area contributed by atoms with E-state index in [1.165, 1.54) is 17.2 Å². The van der Waals surface area contributed by atoms with Crippen LogP contribution in [0.3, 0.4) is 0 Å². The molecule has 0 aliphatic carbocycles. The minimum Gasteiger partial charge on any atom is -0.354 e. The maximum absolute atomic E-state index is 13.4. The lowest BCUT2D eigenvalue weighted by atomic mass is 10.1. The fourth-order valence-corrected chi connectivity index (χ4v) is 4.00. The molecule has 3 rings (SSSR count). The average molecular weight is 547 g/mol. The molecule has 0 atom stereocenters. The Balaban J connectivity index is 1.58. The van der Waals surface area contributed by atoms with Gasteiger partial charge in [0, 0.05) is 69.6 Å². The highest BCUT2D eigenvalue weighted by molar-refractivity contribution is 6.08. The van der Waals surface area contributed by atoms with E-state index in [2.05, 4.69) is 20.9 Å². The first-order chi connectivity index (χ1) is 18.5. The zero-order valence-electron chi connectivity index (χ0n) is 21.9. The fourth-order valence-electron chi connectivity index (χ4n) is 4.00. The quantitative estimate of drug-likeness (QED) is 0.362. The molecule has 0 radical (unpaired) electrons. The van der Waals surface area contributed by atoms with Gasteiger partial charge in [-0.3, -0.25) is 29.0 Å². The molecule has 0 bridgehead atoms. The topological polar surface area (TPSA) is 141 Å². The van der Waals surface area contributed by atoms with Gasteiger partial charge in [-0.15, -0.1) is 0 Å². The summed E-state index contributed by atoms with van der Waals surface area (Å²) in [7, 11) is 1.54. The van der Waals surface area contributed by atoms with Crippen molar-refractivity contribution in [3.63, 3.8) is 0 Å². The third kappa shape index (κ3) is 8.16. The molecule has 1 saturated heterocycles. The molecule has 210 valence electrons. The highest BCUT2D eigenvalue weighted by Gasteiger charge is 2.40. The molecule has 1 aromatic carbocycles. The van der Waals surface area contributed by atoms with Gasteiger partial charge in [0.05, 0.1) is 24.2 Å². The molecule has 5 amide bonds. The number of carbonyl (C=O) groups excluding carboxylic acids is 5. The van der Waals surface area contributed by atoms with Crippen molar-refractivity contribution < 1.29 is 32.8 Å². The van der Waals surface area contributed by atoms with E-state index in [0.717, 1.165) is 4.90 Å². The third-order valence-electron chi connectivity index (χ3n) is 6.31. The average Bonchev–Trinajstić information content (AvgIpc) is 3.30. The Morgan fingerprint density at radius 2 is 1.74 bits per heavy atom. The second-order valence-corrected chi connectivity index (χ2v) is 9.17. The number of amides is 5. The minimum absolute atomic E-state index is 0.0370.